The topological polar surface area (TPSA) is 65.1 Å². The Morgan fingerprint density at radius 2 is 1.96 bits per heavy atom. The van der Waals surface area contributed by atoms with E-state index in [1.165, 1.54) is 0 Å². The Morgan fingerprint density at radius 3 is 2.62 bits per heavy atom. The quantitative estimate of drug-likeness (QED) is 0.649. The molecule has 1 aromatic rings. The van der Waals surface area contributed by atoms with Crippen LogP contribution in [0.15, 0.2) is 30.3 Å². The van der Waals surface area contributed by atoms with E-state index in [4.69, 9.17) is 14.2 Å². The van der Waals surface area contributed by atoms with E-state index in [1.807, 2.05) is 30.3 Å². The van der Waals surface area contributed by atoms with Gasteiger partial charge >= 0.3 is 6.09 Å². The van der Waals surface area contributed by atoms with Gasteiger partial charge in [0.15, 0.2) is 5.79 Å². The van der Waals surface area contributed by atoms with Crippen LogP contribution in [0.3, 0.4) is 0 Å². The third-order valence-corrected chi connectivity index (χ3v) is 4.02. The van der Waals surface area contributed by atoms with E-state index in [-0.39, 0.29) is 12.7 Å². The molecular formula is C18H25NO5. The first-order valence-electron chi connectivity index (χ1n) is 8.28. The zero-order chi connectivity index (χ0) is 17.3. The van der Waals surface area contributed by atoms with Gasteiger partial charge in [0, 0.05) is 32.9 Å². The van der Waals surface area contributed by atoms with Gasteiger partial charge in [0.25, 0.3) is 0 Å². The van der Waals surface area contributed by atoms with Gasteiger partial charge in [0.2, 0.25) is 0 Å². The van der Waals surface area contributed by atoms with E-state index in [9.17, 15) is 9.59 Å². The summed E-state index contributed by atoms with van der Waals surface area (Å²) in [6.45, 7) is 1.91. The van der Waals surface area contributed by atoms with Crippen molar-refractivity contribution in [3.8, 4) is 0 Å². The summed E-state index contributed by atoms with van der Waals surface area (Å²) >= 11 is 0. The lowest BCUT2D eigenvalue weighted by molar-refractivity contribution is -0.169. The van der Waals surface area contributed by atoms with Crippen molar-refractivity contribution >= 4 is 12.4 Å². The molecule has 1 aliphatic rings. The maximum atomic E-state index is 12.0. The van der Waals surface area contributed by atoms with Gasteiger partial charge in [-0.2, -0.15) is 0 Å². The molecule has 2 rings (SSSR count). The molecular weight excluding hydrogens is 310 g/mol. The average Bonchev–Trinajstić information content (AvgIpc) is 3.07. The van der Waals surface area contributed by atoms with Gasteiger partial charge in [-0.15, -0.1) is 0 Å². The van der Waals surface area contributed by atoms with Gasteiger partial charge in [-0.1, -0.05) is 30.3 Å². The Morgan fingerprint density at radius 1 is 1.25 bits per heavy atom. The van der Waals surface area contributed by atoms with Crippen molar-refractivity contribution in [3.63, 3.8) is 0 Å². The van der Waals surface area contributed by atoms with Crippen molar-refractivity contribution in [2.75, 3.05) is 26.8 Å². The van der Waals surface area contributed by atoms with Crippen molar-refractivity contribution in [3.05, 3.63) is 35.9 Å². The number of aldehydes is 1. The molecule has 0 radical (unpaired) electrons. The number of ether oxygens (including phenoxy) is 3. The number of hydrogen-bond donors (Lipinski definition) is 0. The molecule has 132 valence electrons. The summed E-state index contributed by atoms with van der Waals surface area (Å²) in [6.07, 6.45) is 2.86. The zero-order valence-corrected chi connectivity index (χ0v) is 14.1. The van der Waals surface area contributed by atoms with Gasteiger partial charge < -0.3 is 23.9 Å². The fourth-order valence-electron chi connectivity index (χ4n) is 2.70. The van der Waals surface area contributed by atoms with Crippen LogP contribution in [-0.2, 0) is 25.6 Å². The first kappa shape index (κ1) is 18.4. The summed E-state index contributed by atoms with van der Waals surface area (Å²) in [5, 5.41) is 0. The smallest absolute Gasteiger partial charge is 0.409 e. The third-order valence-electron chi connectivity index (χ3n) is 4.02. The van der Waals surface area contributed by atoms with E-state index in [1.54, 1.807) is 11.9 Å². The number of carbonyl (C=O) groups is 2. The van der Waals surface area contributed by atoms with Gasteiger partial charge in [-0.3, -0.25) is 0 Å². The number of rotatable bonds is 9. The van der Waals surface area contributed by atoms with Crippen molar-refractivity contribution in [2.45, 2.75) is 38.1 Å². The molecule has 6 nitrogen and oxygen atoms in total. The maximum absolute atomic E-state index is 12.0. The van der Waals surface area contributed by atoms with Crippen LogP contribution >= 0.6 is 0 Å². The minimum atomic E-state index is -0.671. The van der Waals surface area contributed by atoms with Gasteiger partial charge in [0.1, 0.15) is 12.9 Å². The van der Waals surface area contributed by atoms with Crippen molar-refractivity contribution < 1.29 is 23.8 Å². The summed E-state index contributed by atoms with van der Waals surface area (Å²) in [4.78, 5) is 24.1. The molecule has 1 heterocycles. The van der Waals surface area contributed by atoms with Crippen LogP contribution in [0.25, 0.3) is 0 Å². The molecule has 0 N–H and O–H groups in total. The standard InChI is InChI=1S/C18H25NO5/c1-19(17(21)22-15-16-7-3-2-4-8-16)11-5-9-18(10-6-12-20)23-13-14-24-18/h2-4,7-8,12H,5-6,9-11,13-15H2,1H3. The number of benzene rings is 1. The lowest BCUT2D eigenvalue weighted by atomic mass is 10.0. The second kappa shape index (κ2) is 9.39. The summed E-state index contributed by atoms with van der Waals surface area (Å²) in [5.41, 5.74) is 0.958. The maximum Gasteiger partial charge on any atom is 0.409 e. The van der Waals surface area contributed by atoms with Gasteiger partial charge in [0.05, 0.1) is 13.2 Å². The Kier molecular flexibility index (Phi) is 7.21. The fraction of sp³-hybridized carbons (Fsp3) is 0.556. The SMILES string of the molecule is CN(CCCC1(CCC=O)OCCO1)C(=O)OCc1ccccc1. The number of amides is 1. The Bertz CT molecular complexity index is 513. The highest BCUT2D eigenvalue weighted by Crippen LogP contribution is 2.29. The van der Waals surface area contributed by atoms with Crippen LogP contribution in [0.5, 0.6) is 0 Å². The highest BCUT2D eigenvalue weighted by molar-refractivity contribution is 5.67. The van der Waals surface area contributed by atoms with E-state index < -0.39 is 5.79 Å². The molecule has 1 saturated heterocycles. The fourth-order valence-corrected chi connectivity index (χ4v) is 2.70. The summed E-state index contributed by atoms with van der Waals surface area (Å²) in [6, 6.07) is 9.57. The van der Waals surface area contributed by atoms with E-state index in [2.05, 4.69) is 0 Å². The normalized spacial score (nSPS) is 15.9. The van der Waals surface area contributed by atoms with Crippen LogP contribution in [0.1, 0.15) is 31.2 Å². The second-order valence-corrected chi connectivity index (χ2v) is 5.88. The highest BCUT2D eigenvalue weighted by Gasteiger charge is 2.35. The molecule has 0 aliphatic carbocycles. The molecule has 1 fully saturated rings. The van der Waals surface area contributed by atoms with Crippen LogP contribution in [-0.4, -0.2) is 49.9 Å². The molecule has 1 aliphatic heterocycles. The van der Waals surface area contributed by atoms with Crippen LogP contribution < -0.4 is 0 Å². The van der Waals surface area contributed by atoms with E-state index >= 15 is 0 Å². The Balaban J connectivity index is 1.70. The van der Waals surface area contributed by atoms with E-state index in [0.717, 1.165) is 18.3 Å². The zero-order valence-electron chi connectivity index (χ0n) is 14.1. The minimum Gasteiger partial charge on any atom is -0.445 e. The summed E-state index contributed by atoms with van der Waals surface area (Å²) in [7, 11) is 1.71. The molecule has 1 aromatic carbocycles. The largest absolute Gasteiger partial charge is 0.445 e. The second-order valence-electron chi connectivity index (χ2n) is 5.88. The number of hydrogen-bond acceptors (Lipinski definition) is 5. The number of carbonyl (C=O) groups excluding carboxylic acids is 2. The van der Waals surface area contributed by atoms with Crippen LogP contribution in [0, 0.1) is 0 Å². The first-order valence-corrected chi connectivity index (χ1v) is 8.28. The van der Waals surface area contributed by atoms with E-state index in [0.29, 0.717) is 39.0 Å². The minimum absolute atomic E-state index is 0.263. The molecule has 0 aromatic heterocycles. The molecule has 1 amide bonds. The Labute approximate surface area is 142 Å². The summed E-state index contributed by atoms with van der Waals surface area (Å²) in [5.74, 6) is -0.671. The van der Waals surface area contributed by atoms with Crippen molar-refractivity contribution in [1.82, 2.24) is 4.90 Å². The van der Waals surface area contributed by atoms with Crippen molar-refractivity contribution in [1.29, 1.82) is 0 Å². The van der Waals surface area contributed by atoms with Crippen LogP contribution in [0.4, 0.5) is 4.79 Å². The third kappa shape index (κ3) is 5.62. The number of nitrogens with zero attached hydrogens (tertiary/aromatic N) is 1. The monoisotopic (exact) mass is 335 g/mol. The van der Waals surface area contributed by atoms with Crippen molar-refractivity contribution in [2.24, 2.45) is 0 Å². The molecule has 0 spiro atoms. The Hall–Kier alpha value is -1.92. The molecule has 6 heteroatoms. The molecule has 0 atom stereocenters. The lowest BCUT2D eigenvalue weighted by Crippen LogP contribution is -2.33. The highest BCUT2D eigenvalue weighted by atomic mass is 16.7. The molecule has 0 bridgehead atoms. The predicted octanol–water partition coefficient (Wildman–Crippen LogP) is 2.76. The van der Waals surface area contributed by atoms with Gasteiger partial charge in [-0.05, 0) is 12.0 Å². The predicted molar refractivity (Wildman–Crippen MR) is 88.4 cm³/mol. The van der Waals surface area contributed by atoms with Crippen LogP contribution in [0.2, 0.25) is 0 Å². The lowest BCUT2D eigenvalue weighted by Gasteiger charge is -2.27. The molecule has 0 saturated carbocycles. The summed E-state index contributed by atoms with van der Waals surface area (Å²) < 4.78 is 16.6. The molecule has 0 unspecified atom stereocenters. The molecule has 24 heavy (non-hydrogen) atoms. The average molecular weight is 335 g/mol. The van der Waals surface area contributed by atoms with Gasteiger partial charge in [-0.25, -0.2) is 4.79 Å². The first-order chi connectivity index (χ1) is 11.7.